The van der Waals surface area contributed by atoms with E-state index in [0.717, 1.165) is 29.5 Å². The summed E-state index contributed by atoms with van der Waals surface area (Å²) in [6, 6.07) is 28.5. The third-order valence-electron chi connectivity index (χ3n) is 6.92. The minimum absolute atomic E-state index is 0. The number of carbonyl (C=O) groups excluding carboxylic acids is 3. The SMILES string of the molecule is C.C.C.CC(=O)OCc1ccccc1.CCC(O)CCN.CCC(O)CCNC(=O)OCc1ccccc1.NCC(O)CCNC(=O)OCc1ccccc1. The van der Waals surface area contributed by atoms with Crippen LogP contribution in [0.5, 0.6) is 0 Å². The zero-order chi connectivity index (χ0) is 38.8. The smallest absolute Gasteiger partial charge is 0.407 e. The minimum Gasteiger partial charge on any atom is -0.461 e. The molecule has 3 aromatic rings. The molecule has 0 aromatic heterocycles. The summed E-state index contributed by atoms with van der Waals surface area (Å²) >= 11 is 0. The summed E-state index contributed by atoms with van der Waals surface area (Å²) in [4.78, 5) is 32.9. The van der Waals surface area contributed by atoms with Crippen LogP contribution >= 0.6 is 0 Å². The van der Waals surface area contributed by atoms with Crippen molar-refractivity contribution in [2.75, 3.05) is 26.2 Å². The molecule has 3 aromatic carbocycles. The van der Waals surface area contributed by atoms with Crippen molar-refractivity contribution in [2.24, 2.45) is 11.5 Å². The summed E-state index contributed by atoms with van der Waals surface area (Å²) in [7, 11) is 0. The molecule has 0 spiro atoms. The zero-order valence-electron chi connectivity index (χ0n) is 30.8. The number of hydrogen-bond donors (Lipinski definition) is 7. The van der Waals surface area contributed by atoms with Crippen LogP contribution in [-0.2, 0) is 38.8 Å². The third kappa shape index (κ3) is 36.2. The molecule has 55 heavy (non-hydrogen) atoms. The van der Waals surface area contributed by atoms with Crippen molar-refractivity contribution >= 4 is 18.2 Å². The highest BCUT2D eigenvalue weighted by molar-refractivity contribution is 5.67. The van der Waals surface area contributed by atoms with E-state index in [-0.39, 0.29) is 60.2 Å². The first-order valence-electron chi connectivity index (χ1n) is 17.5. The van der Waals surface area contributed by atoms with Crippen LogP contribution in [0, 0.1) is 0 Å². The standard InChI is InChI=1S/C13H19NO3.C12H18N2O3.C9H10O2.C5H13NO.3CH4/c1-2-12(15)8-9-14-13(16)17-10-11-6-4-3-5-7-11;13-8-11(15)6-7-14-12(16)17-9-10-4-2-1-3-5-10;1-8(10)11-7-9-5-3-2-4-6-9;1-2-5(7)3-4-6;;;/h3-7,12,15H,2,8-10H2,1H3,(H,14,16);1-5,11,15H,6-9,13H2,(H,14,16);2-6H,7H2,1H3;5,7H,2-4,6H2,1H3;3*1H4. The summed E-state index contributed by atoms with van der Waals surface area (Å²) in [5.41, 5.74) is 13.3. The molecule has 3 atom stereocenters. The third-order valence-corrected chi connectivity index (χ3v) is 6.92. The lowest BCUT2D eigenvalue weighted by atomic mass is 10.2. The van der Waals surface area contributed by atoms with Gasteiger partial charge < -0.3 is 51.6 Å². The molecule has 3 rings (SSSR count). The van der Waals surface area contributed by atoms with Gasteiger partial charge in [-0.25, -0.2) is 9.59 Å². The molecule has 13 heteroatoms. The Bertz CT molecular complexity index is 1220. The molecule has 0 aliphatic heterocycles. The number of aliphatic hydroxyl groups excluding tert-OH is 3. The molecule has 0 fully saturated rings. The topological polar surface area (TPSA) is 216 Å². The van der Waals surface area contributed by atoms with E-state index in [1.165, 1.54) is 6.92 Å². The van der Waals surface area contributed by atoms with Gasteiger partial charge in [-0.1, -0.05) is 127 Å². The summed E-state index contributed by atoms with van der Waals surface area (Å²) in [6.07, 6.45) is 1.18. The first-order chi connectivity index (χ1) is 25.0. The van der Waals surface area contributed by atoms with Crippen molar-refractivity contribution < 1.29 is 43.9 Å². The quantitative estimate of drug-likeness (QED) is 0.0583. The van der Waals surface area contributed by atoms with Gasteiger partial charge in [-0.3, -0.25) is 4.79 Å². The van der Waals surface area contributed by atoms with Crippen molar-refractivity contribution in [3.05, 3.63) is 108 Å². The number of benzene rings is 3. The molecule has 0 radical (unpaired) electrons. The number of esters is 1. The molecule has 314 valence electrons. The second-order valence-electron chi connectivity index (χ2n) is 11.4. The van der Waals surface area contributed by atoms with Crippen LogP contribution in [0.25, 0.3) is 0 Å². The van der Waals surface area contributed by atoms with Crippen LogP contribution in [0.4, 0.5) is 9.59 Å². The predicted molar refractivity (Wildman–Crippen MR) is 222 cm³/mol. The number of nitrogens with two attached hydrogens (primary N) is 2. The lowest BCUT2D eigenvalue weighted by Gasteiger charge is -2.09. The molecule has 0 aliphatic rings. The van der Waals surface area contributed by atoms with Crippen molar-refractivity contribution in [1.82, 2.24) is 10.6 Å². The molecular weight excluding hydrogens is 704 g/mol. The number of nitrogens with one attached hydrogen (secondary N) is 2. The highest BCUT2D eigenvalue weighted by Gasteiger charge is 2.06. The van der Waals surface area contributed by atoms with Crippen LogP contribution in [0.2, 0.25) is 0 Å². The van der Waals surface area contributed by atoms with E-state index in [1.807, 2.05) is 105 Å². The highest BCUT2D eigenvalue weighted by atomic mass is 16.6. The number of hydrogen-bond acceptors (Lipinski definition) is 11. The maximum absolute atomic E-state index is 11.3. The van der Waals surface area contributed by atoms with Crippen molar-refractivity contribution in [1.29, 1.82) is 0 Å². The van der Waals surface area contributed by atoms with Gasteiger partial charge in [0.1, 0.15) is 19.8 Å². The second-order valence-corrected chi connectivity index (χ2v) is 11.4. The fourth-order valence-electron chi connectivity index (χ4n) is 3.71. The molecule has 13 nitrogen and oxygen atoms in total. The Balaban J connectivity index is -0.000000324. The van der Waals surface area contributed by atoms with E-state index in [4.69, 9.17) is 35.9 Å². The fraction of sp³-hybridized carbons (Fsp3) is 0.500. The predicted octanol–water partition coefficient (Wildman–Crippen LogP) is 6.46. The first kappa shape index (κ1) is 57.2. The maximum Gasteiger partial charge on any atom is 0.407 e. The van der Waals surface area contributed by atoms with Crippen LogP contribution in [0.15, 0.2) is 91.0 Å². The lowest BCUT2D eigenvalue weighted by Crippen LogP contribution is -2.30. The highest BCUT2D eigenvalue weighted by Crippen LogP contribution is 2.02. The van der Waals surface area contributed by atoms with E-state index in [0.29, 0.717) is 45.5 Å². The zero-order valence-corrected chi connectivity index (χ0v) is 30.8. The molecule has 3 unspecified atom stereocenters. The van der Waals surface area contributed by atoms with E-state index < -0.39 is 18.3 Å². The maximum atomic E-state index is 11.3. The van der Waals surface area contributed by atoms with Gasteiger partial charge in [0.15, 0.2) is 0 Å². The van der Waals surface area contributed by atoms with Crippen LogP contribution in [0.1, 0.15) is 91.8 Å². The van der Waals surface area contributed by atoms with Gasteiger partial charge in [-0.2, -0.15) is 0 Å². The first-order valence-corrected chi connectivity index (χ1v) is 17.5. The fourth-order valence-corrected chi connectivity index (χ4v) is 3.71. The van der Waals surface area contributed by atoms with Gasteiger partial charge in [-0.05, 0) is 55.3 Å². The normalized spacial score (nSPS) is 11.0. The van der Waals surface area contributed by atoms with Crippen molar-refractivity contribution in [3.63, 3.8) is 0 Å². The minimum atomic E-state index is -0.579. The van der Waals surface area contributed by atoms with E-state index >= 15 is 0 Å². The number of rotatable bonds is 17. The average Bonchev–Trinajstić information content (AvgIpc) is 3.17. The van der Waals surface area contributed by atoms with Gasteiger partial charge in [-0.15, -0.1) is 0 Å². The lowest BCUT2D eigenvalue weighted by molar-refractivity contribution is -0.142. The largest absolute Gasteiger partial charge is 0.461 e. The van der Waals surface area contributed by atoms with Crippen molar-refractivity contribution in [2.45, 2.75) is 113 Å². The van der Waals surface area contributed by atoms with E-state index in [2.05, 4.69) is 10.6 Å². The Morgan fingerprint density at radius 3 is 1.18 bits per heavy atom. The molecular formula is C42H72N4O9. The van der Waals surface area contributed by atoms with E-state index in [1.54, 1.807) is 0 Å². The van der Waals surface area contributed by atoms with Gasteiger partial charge >= 0.3 is 18.2 Å². The van der Waals surface area contributed by atoms with Crippen LogP contribution in [-0.4, -0.2) is 78.0 Å². The molecule has 0 saturated heterocycles. The van der Waals surface area contributed by atoms with Crippen LogP contribution < -0.4 is 22.1 Å². The Morgan fingerprint density at radius 2 is 0.891 bits per heavy atom. The van der Waals surface area contributed by atoms with Gasteiger partial charge in [0, 0.05) is 26.6 Å². The molecule has 0 heterocycles. The number of ether oxygens (including phenoxy) is 3. The molecule has 0 bridgehead atoms. The monoisotopic (exact) mass is 777 g/mol. The average molecular weight is 777 g/mol. The Kier molecular flexibility index (Phi) is 40.7. The summed E-state index contributed by atoms with van der Waals surface area (Å²) in [5, 5.41) is 32.4. The molecule has 9 N–H and O–H groups in total. The van der Waals surface area contributed by atoms with Crippen molar-refractivity contribution in [3.8, 4) is 0 Å². The Labute approximate surface area is 330 Å². The second kappa shape index (κ2) is 39.2. The van der Waals surface area contributed by atoms with E-state index in [9.17, 15) is 19.5 Å². The Hall–Kier alpha value is -4.53. The number of aliphatic hydroxyl groups is 3. The number of amides is 2. The van der Waals surface area contributed by atoms with Gasteiger partial charge in [0.05, 0.1) is 18.3 Å². The van der Waals surface area contributed by atoms with Gasteiger partial charge in [0.25, 0.3) is 0 Å². The number of alkyl carbamates (subject to hydrolysis) is 2. The van der Waals surface area contributed by atoms with Gasteiger partial charge in [0.2, 0.25) is 0 Å². The molecule has 2 amide bonds. The molecule has 0 saturated carbocycles. The summed E-state index contributed by atoms with van der Waals surface area (Å²) in [5.74, 6) is -0.242. The Morgan fingerprint density at radius 1 is 0.564 bits per heavy atom. The number of carbonyl (C=O) groups is 3. The summed E-state index contributed by atoms with van der Waals surface area (Å²) < 4.78 is 14.8. The van der Waals surface area contributed by atoms with Crippen LogP contribution in [0.3, 0.4) is 0 Å². The summed E-state index contributed by atoms with van der Waals surface area (Å²) in [6.45, 7) is 7.71. The molecule has 0 aliphatic carbocycles.